The van der Waals surface area contributed by atoms with E-state index in [0.717, 1.165) is 16.7 Å². The first-order valence-corrected chi connectivity index (χ1v) is 12.0. The van der Waals surface area contributed by atoms with Crippen molar-refractivity contribution in [1.82, 2.24) is 0 Å². The summed E-state index contributed by atoms with van der Waals surface area (Å²) in [7, 11) is 2.93. The van der Waals surface area contributed by atoms with Crippen molar-refractivity contribution in [3.63, 3.8) is 0 Å². The van der Waals surface area contributed by atoms with E-state index in [9.17, 15) is 5.11 Å². The van der Waals surface area contributed by atoms with Crippen LogP contribution in [0.5, 0.6) is 0 Å². The second kappa shape index (κ2) is 14.2. The van der Waals surface area contributed by atoms with Crippen molar-refractivity contribution >= 4 is 0 Å². The van der Waals surface area contributed by atoms with E-state index in [1.807, 2.05) is 91.0 Å². The maximum Gasteiger partial charge on any atom is 0.236 e. The Hall–Kier alpha value is -2.62. The number of aliphatic hydroxyl groups is 2. The van der Waals surface area contributed by atoms with Crippen molar-refractivity contribution in [3.8, 4) is 0 Å². The van der Waals surface area contributed by atoms with Gasteiger partial charge in [0.1, 0.15) is 5.41 Å². The number of rotatable bonds is 16. The van der Waals surface area contributed by atoms with Crippen LogP contribution in [0.4, 0.5) is 0 Å². The number of benzene rings is 3. The van der Waals surface area contributed by atoms with E-state index >= 15 is 0 Å². The van der Waals surface area contributed by atoms with E-state index in [4.69, 9.17) is 28.8 Å². The van der Waals surface area contributed by atoms with Gasteiger partial charge in [0.2, 0.25) is 12.1 Å². The third-order valence-electron chi connectivity index (χ3n) is 6.11. The molecule has 0 heterocycles. The summed E-state index contributed by atoms with van der Waals surface area (Å²) in [5.74, 6) is -1.98. The molecule has 0 aliphatic heterocycles. The molecule has 0 aromatic heterocycles. The fraction of sp³-hybridized carbons (Fsp3) is 0.379. The first-order chi connectivity index (χ1) is 17.6. The van der Waals surface area contributed by atoms with Gasteiger partial charge >= 0.3 is 0 Å². The highest BCUT2D eigenvalue weighted by atomic mass is 16.7. The van der Waals surface area contributed by atoms with Crippen LogP contribution in [0.15, 0.2) is 91.0 Å². The predicted octanol–water partition coefficient (Wildman–Crippen LogP) is 3.37. The summed E-state index contributed by atoms with van der Waals surface area (Å²) in [4.78, 5) is 0. The van der Waals surface area contributed by atoms with Gasteiger partial charge in [-0.3, -0.25) is 0 Å². The van der Waals surface area contributed by atoms with Crippen molar-refractivity contribution in [1.29, 1.82) is 0 Å². The molecule has 0 aliphatic carbocycles. The molecule has 0 radical (unpaired) electrons. The monoisotopic (exact) mass is 496 g/mol. The summed E-state index contributed by atoms with van der Waals surface area (Å²) < 4.78 is 28.5. The number of methoxy groups -OCH3 is 2. The molecule has 194 valence electrons. The van der Waals surface area contributed by atoms with Gasteiger partial charge < -0.3 is 33.9 Å². The average molecular weight is 497 g/mol. The molecule has 2 unspecified atom stereocenters. The summed E-state index contributed by atoms with van der Waals surface area (Å²) >= 11 is 0. The Balaban J connectivity index is 2.01. The Labute approximate surface area is 213 Å². The lowest BCUT2D eigenvalue weighted by Gasteiger charge is -2.49. The molecule has 0 bridgehead atoms. The minimum atomic E-state index is -1.98. The van der Waals surface area contributed by atoms with E-state index in [1.54, 1.807) is 0 Å². The number of ether oxygens (including phenoxy) is 5. The van der Waals surface area contributed by atoms with Crippen LogP contribution in [0.1, 0.15) is 16.7 Å². The minimum absolute atomic E-state index is 0.0276. The van der Waals surface area contributed by atoms with Gasteiger partial charge in [0.15, 0.2) is 0 Å². The summed E-state index contributed by atoms with van der Waals surface area (Å²) in [5, 5.41) is 21.3. The predicted molar refractivity (Wildman–Crippen MR) is 137 cm³/mol. The average Bonchev–Trinajstić information content (AvgIpc) is 2.94. The van der Waals surface area contributed by atoms with Gasteiger partial charge in [-0.1, -0.05) is 91.0 Å². The SMILES string of the molecule is COC(OCCOCCOCCO)C(O)(OC)C(c1ccccc1)(c1ccccc1)c1ccccc1. The third-order valence-corrected chi connectivity index (χ3v) is 6.11. The van der Waals surface area contributed by atoms with Crippen molar-refractivity contribution in [2.45, 2.75) is 17.5 Å². The van der Waals surface area contributed by atoms with Crippen LogP contribution in [-0.2, 0) is 29.1 Å². The Morgan fingerprint density at radius 2 is 1.06 bits per heavy atom. The van der Waals surface area contributed by atoms with Crippen molar-refractivity contribution in [2.24, 2.45) is 0 Å². The quantitative estimate of drug-likeness (QED) is 0.179. The van der Waals surface area contributed by atoms with E-state index in [0.29, 0.717) is 13.2 Å². The van der Waals surface area contributed by atoms with Gasteiger partial charge in [0.05, 0.1) is 39.6 Å². The summed E-state index contributed by atoms with van der Waals surface area (Å²) in [6.45, 7) is 1.38. The molecule has 0 saturated carbocycles. The van der Waals surface area contributed by atoms with Crippen LogP contribution in [0.25, 0.3) is 0 Å². The Bertz CT molecular complexity index is 888. The van der Waals surface area contributed by atoms with Gasteiger partial charge in [-0.05, 0) is 16.7 Å². The van der Waals surface area contributed by atoms with Crippen molar-refractivity contribution in [3.05, 3.63) is 108 Å². The van der Waals surface area contributed by atoms with Gasteiger partial charge in [0.25, 0.3) is 0 Å². The standard InChI is InChI=1S/C29H36O7/c1-32-27(36-23-22-35-21-20-34-19-18-30)29(31,33-2)28(24-12-6-3-7-13-24,25-14-8-4-9-15-25)26-16-10-5-11-17-26/h3-17,27,30-31H,18-23H2,1-2H3. The Morgan fingerprint density at radius 1 is 0.639 bits per heavy atom. The van der Waals surface area contributed by atoms with Gasteiger partial charge in [-0.25, -0.2) is 0 Å². The number of hydrogen-bond acceptors (Lipinski definition) is 7. The van der Waals surface area contributed by atoms with Gasteiger partial charge in [-0.2, -0.15) is 0 Å². The normalized spacial score (nSPS) is 14.3. The Morgan fingerprint density at radius 3 is 1.44 bits per heavy atom. The van der Waals surface area contributed by atoms with E-state index in [1.165, 1.54) is 14.2 Å². The highest BCUT2D eigenvalue weighted by molar-refractivity contribution is 5.53. The fourth-order valence-electron chi connectivity index (χ4n) is 4.55. The highest BCUT2D eigenvalue weighted by Crippen LogP contribution is 2.50. The second-order valence-electron chi connectivity index (χ2n) is 8.14. The molecule has 2 N–H and O–H groups in total. The van der Waals surface area contributed by atoms with Crippen LogP contribution in [0.2, 0.25) is 0 Å². The third kappa shape index (κ3) is 6.02. The molecule has 0 saturated heterocycles. The van der Waals surface area contributed by atoms with Crippen molar-refractivity contribution < 1.29 is 33.9 Å². The maximum absolute atomic E-state index is 12.5. The molecule has 0 fully saturated rings. The number of aliphatic hydroxyl groups excluding tert-OH is 1. The molecule has 3 rings (SSSR count). The topological polar surface area (TPSA) is 86.6 Å². The van der Waals surface area contributed by atoms with E-state index in [2.05, 4.69) is 0 Å². The summed E-state index contributed by atoms with van der Waals surface area (Å²) in [5.41, 5.74) is 1.24. The zero-order valence-electron chi connectivity index (χ0n) is 20.9. The molecule has 0 spiro atoms. The molecular formula is C29H36O7. The van der Waals surface area contributed by atoms with Crippen LogP contribution in [-0.4, -0.2) is 76.2 Å². The number of hydrogen-bond donors (Lipinski definition) is 2. The minimum Gasteiger partial charge on any atom is -0.394 e. The smallest absolute Gasteiger partial charge is 0.236 e. The molecule has 3 aromatic carbocycles. The summed E-state index contributed by atoms with van der Waals surface area (Å²) in [6.07, 6.45) is -1.17. The molecular weight excluding hydrogens is 460 g/mol. The Kier molecular flexibility index (Phi) is 11.0. The molecule has 3 aromatic rings. The maximum atomic E-state index is 12.5. The van der Waals surface area contributed by atoms with Crippen LogP contribution in [0, 0.1) is 0 Å². The molecule has 7 heteroatoms. The zero-order chi connectivity index (χ0) is 25.7. The van der Waals surface area contributed by atoms with E-state index in [-0.39, 0.29) is 26.4 Å². The molecule has 0 aliphatic rings. The fourth-order valence-corrected chi connectivity index (χ4v) is 4.55. The second-order valence-corrected chi connectivity index (χ2v) is 8.14. The zero-order valence-corrected chi connectivity index (χ0v) is 20.9. The van der Waals surface area contributed by atoms with Crippen LogP contribution in [0.3, 0.4) is 0 Å². The van der Waals surface area contributed by atoms with Crippen LogP contribution < -0.4 is 0 Å². The first-order valence-electron chi connectivity index (χ1n) is 12.0. The lowest BCUT2D eigenvalue weighted by molar-refractivity contribution is -0.341. The lowest BCUT2D eigenvalue weighted by Crippen LogP contribution is -2.63. The lowest BCUT2D eigenvalue weighted by atomic mass is 9.63. The largest absolute Gasteiger partial charge is 0.394 e. The molecule has 2 atom stereocenters. The van der Waals surface area contributed by atoms with Gasteiger partial charge in [-0.15, -0.1) is 0 Å². The molecule has 0 amide bonds. The molecule has 7 nitrogen and oxygen atoms in total. The molecule has 36 heavy (non-hydrogen) atoms. The van der Waals surface area contributed by atoms with Crippen LogP contribution >= 0.6 is 0 Å². The van der Waals surface area contributed by atoms with E-state index < -0.39 is 17.5 Å². The van der Waals surface area contributed by atoms with Gasteiger partial charge in [0, 0.05) is 14.2 Å². The first kappa shape index (κ1) is 28.0. The summed E-state index contributed by atoms with van der Waals surface area (Å²) in [6, 6.07) is 29.2. The van der Waals surface area contributed by atoms with Crippen molar-refractivity contribution in [2.75, 3.05) is 53.9 Å². The highest BCUT2D eigenvalue weighted by Gasteiger charge is 2.60.